The highest BCUT2D eigenvalue weighted by atomic mass is 16.5. The lowest BCUT2D eigenvalue weighted by atomic mass is 10.1. The van der Waals surface area contributed by atoms with Crippen LogP contribution in [0.4, 0.5) is 0 Å². The molecule has 0 saturated heterocycles. The molecule has 2 atom stereocenters. The van der Waals surface area contributed by atoms with Gasteiger partial charge in [-0.05, 0) is 25.3 Å². The predicted octanol–water partition coefficient (Wildman–Crippen LogP) is 2.92. The van der Waals surface area contributed by atoms with Crippen molar-refractivity contribution < 1.29 is 9.84 Å². The summed E-state index contributed by atoms with van der Waals surface area (Å²) in [5, 5.41) is 9.57. The fourth-order valence-corrected chi connectivity index (χ4v) is 1.55. The first-order chi connectivity index (χ1) is 7.72. The summed E-state index contributed by atoms with van der Waals surface area (Å²) in [6, 6.07) is 10.0. The minimum absolute atomic E-state index is 0.0650. The molecular formula is C14H20O2. The van der Waals surface area contributed by atoms with E-state index in [2.05, 4.69) is 6.58 Å². The lowest BCUT2D eigenvalue weighted by Crippen LogP contribution is -2.17. The molecule has 0 radical (unpaired) electrons. The van der Waals surface area contributed by atoms with Crippen LogP contribution in [0, 0.1) is 0 Å². The highest BCUT2D eigenvalue weighted by Crippen LogP contribution is 2.09. The molecule has 16 heavy (non-hydrogen) atoms. The highest BCUT2D eigenvalue weighted by Gasteiger charge is 2.09. The molecule has 0 bridgehead atoms. The van der Waals surface area contributed by atoms with E-state index in [4.69, 9.17) is 4.74 Å². The van der Waals surface area contributed by atoms with Gasteiger partial charge >= 0.3 is 0 Å². The van der Waals surface area contributed by atoms with Crippen molar-refractivity contribution >= 4 is 0 Å². The van der Waals surface area contributed by atoms with Crippen molar-refractivity contribution in [1.82, 2.24) is 0 Å². The van der Waals surface area contributed by atoms with Crippen LogP contribution in [0.1, 0.15) is 25.3 Å². The number of rotatable bonds is 7. The van der Waals surface area contributed by atoms with Gasteiger partial charge in [-0.15, -0.1) is 6.58 Å². The van der Waals surface area contributed by atoms with Crippen LogP contribution < -0.4 is 0 Å². The van der Waals surface area contributed by atoms with E-state index in [0.717, 1.165) is 5.56 Å². The number of aliphatic hydroxyl groups excluding tert-OH is 1. The molecule has 0 heterocycles. The second-order valence-electron chi connectivity index (χ2n) is 4.02. The minimum atomic E-state index is -0.344. The molecule has 0 amide bonds. The third kappa shape index (κ3) is 5.10. The van der Waals surface area contributed by atoms with Gasteiger partial charge in [0, 0.05) is 0 Å². The quantitative estimate of drug-likeness (QED) is 0.716. The lowest BCUT2D eigenvalue weighted by molar-refractivity contribution is 0.0156. The van der Waals surface area contributed by atoms with Gasteiger partial charge in [-0.3, -0.25) is 0 Å². The van der Waals surface area contributed by atoms with Gasteiger partial charge in [-0.2, -0.15) is 0 Å². The van der Waals surface area contributed by atoms with Gasteiger partial charge in [0.05, 0.1) is 18.8 Å². The van der Waals surface area contributed by atoms with Crippen LogP contribution in [0.15, 0.2) is 43.0 Å². The average Bonchev–Trinajstić information content (AvgIpc) is 2.28. The molecule has 0 aliphatic rings. The molecule has 0 aromatic heterocycles. The monoisotopic (exact) mass is 220 g/mol. The Morgan fingerprint density at radius 2 is 2.06 bits per heavy atom. The predicted molar refractivity (Wildman–Crippen MR) is 66.1 cm³/mol. The fourth-order valence-electron chi connectivity index (χ4n) is 1.55. The van der Waals surface area contributed by atoms with Gasteiger partial charge in [0.1, 0.15) is 0 Å². The SMILES string of the molecule is C=CC[C@@H](O)C[C@@H](C)OCc1ccccc1. The van der Waals surface area contributed by atoms with E-state index in [0.29, 0.717) is 19.4 Å². The number of ether oxygens (including phenoxy) is 1. The maximum atomic E-state index is 9.57. The molecule has 2 nitrogen and oxygen atoms in total. The molecule has 0 unspecified atom stereocenters. The Morgan fingerprint density at radius 1 is 1.38 bits per heavy atom. The van der Waals surface area contributed by atoms with E-state index in [1.165, 1.54) is 0 Å². The molecule has 0 aliphatic carbocycles. The highest BCUT2D eigenvalue weighted by molar-refractivity contribution is 5.13. The van der Waals surface area contributed by atoms with Crippen molar-refractivity contribution in [3.8, 4) is 0 Å². The molecule has 1 N–H and O–H groups in total. The van der Waals surface area contributed by atoms with Gasteiger partial charge in [0.15, 0.2) is 0 Å². The molecule has 0 fully saturated rings. The molecule has 0 aliphatic heterocycles. The van der Waals surface area contributed by atoms with Crippen molar-refractivity contribution in [3.63, 3.8) is 0 Å². The van der Waals surface area contributed by atoms with E-state index >= 15 is 0 Å². The first-order valence-electron chi connectivity index (χ1n) is 5.67. The molecule has 0 spiro atoms. The van der Waals surface area contributed by atoms with Gasteiger partial charge < -0.3 is 9.84 Å². The Hall–Kier alpha value is -1.12. The van der Waals surface area contributed by atoms with Gasteiger partial charge in [0.2, 0.25) is 0 Å². The van der Waals surface area contributed by atoms with E-state index in [9.17, 15) is 5.11 Å². The van der Waals surface area contributed by atoms with Crippen LogP contribution in [0.3, 0.4) is 0 Å². The minimum Gasteiger partial charge on any atom is -0.393 e. The fraction of sp³-hybridized carbons (Fsp3) is 0.429. The Morgan fingerprint density at radius 3 is 2.69 bits per heavy atom. The van der Waals surface area contributed by atoms with Gasteiger partial charge in [-0.25, -0.2) is 0 Å². The summed E-state index contributed by atoms with van der Waals surface area (Å²) >= 11 is 0. The molecule has 0 saturated carbocycles. The summed E-state index contributed by atoms with van der Waals surface area (Å²) in [7, 11) is 0. The standard InChI is InChI=1S/C14H20O2/c1-3-7-14(15)10-12(2)16-11-13-8-5-4-6-9-13/h3-6,8-9,12,14-15H,1,7,10-11H2,2H3/t12-,14-/m1/s1. The molecular weight excluding hydrogens is 200 g/mol. The number of benzene rings is 1. The first-order valence-corrected chi connectivity index (χ1v) is 5.67. The molecule has 1 aromatic rings. The van der Waals surface area contributed by atoms with Crippen molar-refractivity contribution in [3.05, 3.63) is 48.6 Å². The summed E-state index contributed by atoms with van der Waals surface area (Å²) in [6.07, 6.45) is 2.73. The Balaban J connectivity index is 2.25. The van der Waals surface area contributed by atoms with E-state index < -0.39 is 0 Å². The zero-order chi connectivity index (χ0) is 11.8. The first kappa shape index (κ1) is 12.9. The van der Waals surface area contributed by atoms with Gasteiger partial charge in [-0.1, -0.05) is 36.4 Å². The van der Waals surface area contributed by atoms with Crippen molar-refractivity contribution in [2.75, 3.05) is 0 Å². The summed E-state index contributed by atoms with van der Waals surface area (Å²) < 4.78 is 5.65. The average molecular weight is 220 g/mol. The largest absolute Gasteiger partial charge is 0.393 e. The molecule has 2 heteroatoms. The van der Waals surface area contributed by atoms with Crippen LogP contribution in [0.25, 0.3) is 0 Å². The second kappa shape index (κ2) is 7.20. The summed E-state index contributed by atoms with van der Waals surface area (Å²) in [5.41, 5.74) is 1.16. The summed E-state index contributed by atoms with van der Waals surface area (Å²) in [5.74, 6) is 0. The summed E-state index contributed by atoms with van der Waals surface area (Å²) in [6.45, 7) is 6.18. The zero-order valence-electron chi connectivity index (χ0n) is 9.80. The van der Waals surface area contributed by atoms with Crippen LogP contribution in [-0.4, -0.2) is 17.3 Å². The van der Waals surface area contributed by atoms with Gasteiger partial charge in [0.25, 0.3) is 0 Å². The van der Waals surface area contributed by atoms with Crippen molar-refractivity contribution in [2.24, 2.45) is 0 Å². The van der Waals surface area contributed by atoms with E-state index in [1.54, 1.807) is 6.08 Å². The Bertz CT molecular complexity index is 295. The topological polar surface area (TPSA) is 29.5 Å². The number of aliphatic hydroxyl groups is 1. The van der Waals surface area contributed by atoms with Crippen LogP contribution in [0.2, 0.25) is 0 Å². The third-order valence-electron chi connectivity index (χ3n) is 2.42. The molecule has 1 rings (SSSR count). The van der Waals surface area contributed by atoms with E-state index in [1.807, 2.05) is 37.3 Å². The van der Waals surface area contributed by atoms with Crippen LogP contribution in [-0.2, 0) is 11.3 Å². The maximum Gasteiger partial charge on any atom is 0.0720 e. The van der Waals surface area contributed by atoms with E-state index in [-0.39, 0.29) is 12.2 Å². The smallest absolute Gasteiger partial charge is 0.0720 e. The number of hydrogen-bond acceptors (Lipinski definition) is 2. The third-order valence-corrected chi connectivity index (χ3v) is 2.42. The van der Waals surface area contributed by atoms with Crippen molar-refractivity contribution in [1.29, 1.82) is 0 Å². The normalized spacial score (nSPS) is 14.4. The zero-order valence-corrected chi connectivity index (χ0v) is 9.80. The number of hydrogen-bond donors (Lipinski definition) is 1. The molecule has 1 aromatic carbocycles. The van der Waals surface area contributed by atoms with Crippen molar-refractivity contribution in [2.45, 2.75) is 38.6 Å². The van der Waals surface area contributed by atoms with Crippen LogP contribution >= 0.6 is 0 Å². The lowest BCUT2D eigenvalue weighted by Gasteiger charge is -2.16. The Kier molecular flexibility index (Phi) is 5.83. The summed E-state index contributed by atoms with van der Waals surface area (Å²) in [4.78, 5) is 0. The Labute approximate surface area is 97.6 Å². The van der Waals surface area contributed by atoms with Crippen LogP contribution in [0.5, 0.6) is 0 Å². The maximum absolute atomic E-state index is 9.57. The molecule has 88 valence electrons. The second-order valence-corrected chi connectivity index (χ2v) is 4.02.